The van der Waals surface area contributed by atoms with Crippen LogP contribution in [-0.4, -0.2) is 24.0 Å². The maximum Gasteiger partial charge on any atom is 0.347 e. The van der Waals surface area contributed by atoms with E-state index < -0.39 is 0 Å². The Morgan fingerprint density at radius 3 is 2.58 bits per heavy atom. The third-order valence-corrected chi connectivity index (χ3v) is 4.34. The van der Waals surface area contributed by atoms with Crippen LogP contribution in [0.1, 0.15) is 23.2 Å². The molecule has 3 aromatic rings. The van der Waals surface area contributed by atoms with Gasteiger partial charge in [0, 0.05) is 19.3 Å². The van der Waals surface area contributed by atoms with Gasteiger partial charge in [-0.1, -0.05) is 30.3 Å². The highest BCUT2D eigenvalue weighted by atomic mass is 16.5. The fourth-order valence-electron chi connectivity index (χ4n) is 3.13. The SMILES string of the molecule is O=C(Oc1ccc2ccccc2c1)c1cccnc1N1CCCC1. The van der Waals surface area contributed by atoms with Gasteiger partial charge < -0.3 is 9.64 Å². The number of rotatable bonds is 3. The minimum Gasteiger partial charge on any atom is -0.423 e. The molecular formula is C20H18N2O2. The van der Waals surface area contributed by atoms with E-state index in [1.807, 2.05) is 42.5 Å². The fourth-order valence-corrected chi connectivity index (χ4v) is 3.13. The van der Waals surface area contributed by atoms with Gasteiger partial charge in [-0.3, -0.25) is 0 Å². The van der Waals surface area contributed by atoms with Crippen LogP contribution in [0, 0.1) is 0 Å². The topological polar surface area (TPSA) is 42.4 Å². The molecule has 2 aromatic carbocycles. The number of benzene rings is 2. The number of hydrogen-bond acceptors (Lipinski definition) is 4. The van der Waals surface area contributed by atoms with Gasteiger partial charge in [0.1, 0.15) is 17.1 Å². The molecule has 0 unspecified atom stereocenters. The van der Waals surface area contributed by atoms with E-state index in [4.69, 9.17) is 4.74 Å². The molecule has 1 fully saturated rings. The summed E-state index contributed by atoms with van der Waals surface area (Å²) in [5.74, 6) is 0.913. The molecule has 4 rings (SSSR count). The summed E-state index contributed by atoms with van der Waals surface area (Å²) in [5.41, 5.74) is 0.521. The Morgan fingerprint density at radius 1 is 0.958 bits per heavy atom. The Balaban J connectivity index is 1.61. The van der Waals surface area contributed by atoms with Gasteiger partial charge in [0.2, 0.25) is 0 Å². The third-order valence-electron chi connectivity index (χ3n) is 4.34. The molecule has 4 nitrogen and oxygen atoms in total. The molecule has 0 aliphatic carbocycles. The summed E-state index contributed by atoms with van der Waals surface area (Å²) in [6.07, 6.45) is 3.99. The van der Waals surface area contributed by atoms with Crippen molar-refractivity contribution in [2.24, 2.45) is 0 Å². The summed E-state index contributed by atoms with van der Waals surface area (Å²) in [5, 5.41) is 2.17. The number of esters is 1. The average Bonchev–Trinajstić information content (AvgIpc) is 3.16. The van der Waals surface area contributed by atoms with Crippen molar-refractivity contribution in [2.45, 2.75) is 12.8 Å². The molecule has 120 valence electrons. The largest absolute Gasteiger partial charge is 0.423 e. The summed E-state index contributed by atoms with van der Waals surface area (Å²) in [6.45, 7) is 1.88. The van der Waals surface area contributed by atoms with Gasteiger partial charge in [0.05, 0.1) is 0 Å². The van der Waals surface area contributed by atoms with E-state index in [0.29, 0.717) is 11.3 Å². The van der Waals surface area contributed by atoms with E-state index in [1.165, 1.54) is 0 Å². The molecule has 0 spiro atoms. The Labute approximate surface area is 140 Å². The van der Waals surface area contributed by atoms with Crippen LogP contribution in [0.5, 0.6) is 5.75 Å². The number of ether oxygens (including phenoxy) is 1. The lowest BCUT2D eigenvalue weighted by Gasteiger charge is -2.18. The van der Waals surface area contributed by atoms with E-state index >= 15 is 0 Å². The van der Waals surface area contributed by atoms with Crippen LogP contribution >= 0.6 is 0 Å². The Hall–Kier alpha value is -2.88. The minimum absolute atomic E-state index is 0.361. The number of carbonyl (C=O) groups is 1. The molecule has 0 saturated carbocycles. The molecule has 0 bridgehead atoms. The molecule has 1 aliphatic rings. The summed E-state index contributed by atoms with van der Waals surface area (Å²) >= 11 is 0. The van der Waals surface area contributed by atoms with Crippen molar-refractivity contribution in [3.8, 4) is 5.75 Å². The molecule has 0 atom stereocenters. The van der Waals surface area contributed by atoms with Crippen LogP contribution in [0.2, 0.25) is 0 Å². The highest BCUT2D eigenvalue weighted by Gasteiger charge is 2.21. The van der Waals surface area contributed by atoms with Gasteiger partial charge in [-0.2, -0.15) is 0 Å². The number of anilines is 1. The monoisotopic (exact) mass is 318 g/mol. The molecule has 0 amide bonds. The van der Waals surface area contributed by atoms with Crippen molar-refractivity contribution in [2.75, 3.05) is 18.0 Å². The van der Waals surface area contributed by atoms with Gasteiger partial charge >= 0.3 is 5.97 Å². The highest BCUT2D eigenvalue weighted by molar-refractivity contribution is 5.96. The van der Waals surface area contributed by atoms with Crippen LogP contribution in [0.4, 0.5) is 5.82 Å². The molecular weight excluding hydrogens is 300 g/mol. The fraction of sp³-hybridized carbons (Fsp3) is 0.200. The zero-order chi connectivity index (χ0) is 16.4. The second-order valence-electron chi connectivity index (χ2n) is 5.97. The van der Waals surface area contributed by atoms with Crippen molar-refractivity contribution in [3.05, 3.63) is 66.4 Å². The lowest BCUT2D eigenvalue weighted by molar-refractivity contribution is 0.0735. The first-order chi connectivity index (χ1) is 11.8. The van der Waals surface area contributed by atoms with Gasteiger partial charge in [-0.25, -0.2) is 9.78 Å². The van der Waals surface area contributed by atoms with Crippen LogP contribution in [0.15, 0.2) is 60.8 Å². The Bertz CT molecular complexity index is 885. The summed E-state index contributed by atoms with van der Waals surface area (Å²) in [6, 6.07) is 17.2. The third kappa shape index (κ3) is 2.83. The number of hydrogen-bond donors (Lipinski definition) is 0. The van der Waals surface area contributed by atoms with E-state index in [0.717, 1.165) is 42.5 Å². The average molecular weight is 318 g/mol. The molecule has 0 radical (unpaired) electrons. The van der Waals surface area contributed by atoms with E-state index in [2.05, 4.69) is 9.88 Å². The van der Waals surface area contributed by atoms with Crippen LogP contribution in [0.25, 0.3) is 10.8 Å². The van der Waals surface area contributed by atoms with Crippen LogP contribution in [0.3, 0.4) is 0 Å². The molecule has 1 aromatic heterocycles. The second kappa shape index (κ2) is 6.32. The Kier molecular flexibility index (Phi) is 3.87. The summed E-state index contributed by atoms with van der Waals surface area (Å²) in [4.78, 5) is 19.2. The number of carbonyl (C=O) groups excluding carboxylic acids is 1. The molecule has 1 saturated heterocycles. The van der Waals surface area contributed by atoms with Gasteiger partial charge in [0.15, 0.2) is 0 Å². The van der Waals surface area contributed by atoms with Crippen molar-refractivity contribution >= 4 is 22.6 Å². The quantitative estimate of drug-likeness (QED) is 0.539. The first-order valence-corrected chi connectivity index (χ1v) is 8.22. The lowest BCUT2D eigenvalue weighted by Crippen LogP contribution is -2.23. The maximum absolute atomic E-state index is 12.6. The molecule has 24 heavy (non-hydrogen) atoms. The zero-order valence-corrected chi connectivity index (χ0v) is 13.3. The van der Waals surface area contributed by atoms with Gasteiger partial charge in [-0.05, 0) is 47.9 Å². The Morgan fingerprint density at radius 2 is 1.75 bits per heavy atom. The predicted molar refractivity (Wildman–Crippen MR) is 94.6 cm³/mol. The zero-order valence-electron chi connectivity index (χ0n) is 13.3. The number of fused-ring (bicyclic) bond motifs is 1. The standard InChI is InChI=1S/C20H18N2O2/c23-20(18-8-5-11-21-19(18)22-12-3-4-13-22)24-17-10-9-15-6-1-2-7-16(15)14-17/h1-2,5-11,14H,3-4,12-13H2. The van der Waals surface area contributed by atoms with Crippen molar-refractivity contribution in [3.63, 3.8) is 0 Å². The van der Waals surface area contributed by atoms with Crippen LogP contribution < -0.4 is 9.64 Å². The second-order valence-corrected chi connectivity index (χ2v) is 5.97. The number of pyridine rings is 1. The normalized spacial score (nSPS) is 14.1. The molecule has 0 N–H and O–H groups in total. The van der Waals surface area contributed by atoms with Crippen LogP contribution in [-0.2, 0) is 0 Å². The number of aromatic nitrogens is 1. The van der Waals surface area contributed by atoms with E-state index in [1.54, 1.807) is 18.3 Å². The van der Waals surface area contributed by atoms with Gasteiger partial charge in [0.25, 0.3) is 0 Å². The maximum atomic E-state index is 12.6. The lowest BCUT2D eigenvalue weighted by atomic mass is 10.1. The molecule has 1 aliphatic heterocycles. The molecule has 4 heteroatoms. The summed E-state index contributed by atoms with van der Waals surface area (Å²) < 4.78 is 5.60. The van der Waals surface area contributed by atoms with E-state index in [9.17, 15) is 4.79 Å². The first-order valence-electron chi connectivity index (χ1n) is 8.22. The predicted octanol–water partition coefficient (Wildman–Crippen LogP) is 4.05. The minimum atomic E-state index is -0.361. The highest BCUT2D eigenvalue weighted by Crippen LogP contribution is 2.25. The number of nitrogens with zero attached hydrogens (tertiary/aromatic N) is 2. The van der Waals surface area contributed by atoms with Crippen molar-refractivity contribution in [1.29, 1.82) is 0 Å². The van der Waals surface area contributed by atoms with Crippen molar-refractivity contribution in [1.82, 2.24) is 4.98 Å². The van der Waals surface area contributed by atoms with E-state index in [-0.39, 0.29) is 5.97 Å². The van der Waals surface area contributed by atoms with Gasteiger partial charge in [-0.15, -0.1) is 0 Å². The molecule has 2 heterocycles. The first kappa shape index (κ1) is 14.7. The smallest absolute Gasteiger partial charge is 0.347 e. The van der Waals surface area contributed by atoms with Crippen molar-refractivity contribution < 1.29 is 9.53 Å². The summed E-state index contributed by atoms with van der Waals surface area (Å²) in [7, 11) is 0.